The fourth-order valence-corrected chi connectivity index (χ4v) is 5.04. The van der Waals surface area contributed by atoms with Crippen molar-refractivity contribution in [3.63, 3.8) is 0 Å². The Labute approximate surface area is 199 Å². The van der Waals surface area contributed by atoms with Gasteiger partial charge in [0.25, 0.3) is 11.5 Å². The predicted octanol–water partition coefficient (Wildman–Crippen LogP) is 2.06. The minimum absolute atomic E-state index is 0.104. The molecule has 1 fully saturated rings. The maximum Gasteiger partial charge on any atom is 0.256 e. The highest BCUT2D eigenvalue weighted by molar-refractivity contribution is 6.07. The predicted molar refractivity (Wildman–Crippen MR) is 128 cm³/mol. The number of primary amides is 1. The molecule has 10 heteroatoms. The summed E-state index contributed by atoms with van der Waals surface area (Å²) in [5.74, 6) is -1.49. The highest BCUT2D eigenvalue weighted by atomic mass is 16.2. The van der Waals surface area contributed by atoms with E-state index in [1.807, 2.05) is 18.2 Å². The van der Waals surface area contributed by atoms with Crippen LogP contribution in [0.4, 0.5) is 0 Å². The maximum atomic E-state index is 13.0. The second kappa shape index (κ2) is 8.68. The van der Waals surface area contributed by atoms with Gasteiger partial charge >= 0.3 is 0 Å². The molecule has 3 aromatic heterocycles. The van der Waals surface area contributed by atoms with Crippen molar-refractivity contribution in [1.82, 2.24) is 24.8 Å². The number of benzene rings is 1. The molecule has 0 radical (unpaired) electrons. The molecular weight excluding hydrogens is 446 g/mol. The van der Waals surface area contributed by atoms with Gasteiger partial charge in [0, 0.05) is 18.8 Å². The molecule has 1 aliphatic carbocycles. The van der Waals surface area contributed by atoms with E-state index in [1.165, 1.54) is 17.0 Å². The molecule has 3 heterocycles. The van der Waals surface area contributed by atoms with Crippen molar-refractivity contribution >= 4 is 33.8 Å². The van der Waals surface area contributed by atoms with E-state index >= 15 is 0 Å². The number of nitrogens with one attached hydrogen (secondary N) is 2. The number of rotatable bonds is 6. The van der Waals surface area contributed by atoms with Gasteiger partial charge < -0.3 is 16.0 Å². The highest BCUT2D eigenvalue weighted by Gasteiger charge is 2.52. The van der Waals surface area contributed by atoms with E-state index in [2.05, 4.69) is 20.3 Å². The van der Waals surface area contributed by atoms with Crippen LogP contribution in [-0.2, 0) is 16.1 Å². The third-order valence-corrected chi connectivity index (χ3v) is 6.85. The molecule has 176 valence electrons. The van der Waals surface area contributed by atoms with Crippen molar-refractivity contribution in [2.75, 3.05) is 0 Å². The third-order valence-electron chi connectivity index (χ3n) is 6.85. The molecule has 1 atom stereocenters. The Morgan fingerprint density at radius 3 is 2.74 bits per heavy atom. The van der Waals surface area contributed by atoms with Crippen LogP contribution in [-0.4, -0.2) is 31.3 Å². The first-order valence-electron chi connectivity index (χ1n) is 11.4. The molecular formula is C25H23N7O3. The molecule has 4 aromatic rings. The molecule has 1 unspecified atom stereocenters. The smallest absolute Gasteiger partial charge is 0.256 e. The zero-order valence-corrected chi connectivity index (χ0v) is 18.8. The largest absolute Gasteiger partial charge is 0.368 e. The molecule has 1 saturated carbocycles. The van der Waals surface area contributed by atoms with E-state index in [4.69, 9.17) is 5.73 Å². The summed E-state index contributed by atoms with van der Waals surface area (Å²) in [6.07, 6.45) is 6.10. The van der Waals surface area contributed by atoms with Gasteiger partial charge in [-0.05, 0) is 54.0 Å². The molecule has 2 amide bonds. The highest BCUT2D eigenvalue weighted by Crippen LogP contribution is 2.40. The van der Waals surface area contributed by atoms with Gasteiger partial charge in [-0.2, -0.15) is 5.26 Å². The average Bonchev–Trinajstić information content (AvgIpc) is 3.56. The topological polar surface area (TPSA) is 160 Å². The van der Waals surface area contributed by atoms with Gasteiger partial charge in [-0.1, -0.05) is 18.9 Å². The lowest BCUT2D eigenvalue weighted by atomic mass is 9.74. The number of fused-ring (bicyclic) bond motifs is 2. The number of aromatic amines is 1. The minimum Gasteiger partial charge on any atom is -0.368 e. The SMILES string of the molecule is N#CC(C(N)=O)(C(=O)NCc1ccc2c(ccc(=O)n2-c2ncnc3[nH]ccc23)c1)C1CCCC1. The van der Waals surface area contributed by atoms with Crippen molar-refractivity contribution in [2.45, 2.75) is 32.2 Å². The molecule has 0 saturated heterocycles. The van der Waals surface area contributed by atoms with Crippen LogP contribution < -0.4 is 16.6 Å². The first-order valence-corrected chi connectivity index (χ1v) is 11.4. The van der Waals surface area contributed by atoms with Gasteiger partial charge in [0.1, 0.15) is 12.0 Å². The number of hydrogen-bond donors (Lipinski definition) is 3. The van der Waals surface area contributed by atoms with Crippen LogP contribution in [0.3, 0.4) is 0 Å². The molecule has 1 aliphatic rings. The van der Waals surface area contributed by atoms with E-state index in [0.717, 1.165) is 23.8 Å². The number of nitrogens with two attached hydrogens (primary N) is 1. The van der Waals surface area contributed by atoms with Crippen LogP contribution in [0.25, 0.3) is 27.8 Å². The molecule has 0 bridgehead atoms. The Morgan fingerprint density at radius 1 is 1.20 bits per heavy atom. The molecule has 1 aromatic carbocycles. The Balaban J connectivity index is 1.46. The molecule has 0 aliphatic heterocycles. The molecule has 35 heavy (non-hydrogen) atoms. The van der Waals surface area contributed by atoms with Gasteiger partial charge in [0.05, 0.1) is 17.0 Å². The average molecular weight is 470 g/mol. The Kier molecular flexibility index (Phi) is 5.53. The molecule has 0 spiro atoms. The number of nitriles is 1. The van der Waals surface area contributed by atoms with Crippen molar-refractivity contribution in [3.05, 3.63) is 64.8 Å². The molecule has 4 N–H and O–H groups in total. The summed E-state index contributed by atoms with van der Waals surface area (Å²) in [7, 11) is 0. The number of aromatic nitrogens is 4. The van der Waals surface area contributed by atoms with Crippen molar-refractivity contribution in [1.29, 1.82) is 5.26 Å². The third kappa shape index (κ3) is 3.61. The number of nitrogens with zero attached hydrogens (tertiary/aromatic N) is 4. The lowest BCUT2D eigenvalue weighted by Gasteiger charge is -2.28. The summed E-state index contributed by atoms with van der Waals surface area (Å²) < 4.78 is 1.52. The second-order valence-corrected chi connectivity index (χ2v) is 8.79. The normalized spacial score (nSPS) is 15.6. The van der Waals surface area contributed by atoms with Crippen LogP contribution in [0.2, 0.25) is 0 Å². The van der Waals surface area contributed by atoms with Gasteiger partial charge in [-0.25, -0.2) is 9.97 Å². The van der Waals surface area contributed by atoms with Gasteiger partial charge in [-0.3, -0.25) is 19.0 Å². The lowest BCUT2D eigenvalue weighted by Crippen LogP contribution is -2.52. The van der Waals surface area contributed by atoms with Crippen LogP contribution >= 0.6 is 0 Å². The fraction of sp³-hybridized carbons (Fsp3) is 0.280. The quantitative estimate of drug-likeness (QED) is 0.367. The summed E-state index contributed by atoms with van der Waals surface area (Å²) in [5, 5.41) is 14.0. The number of amides is 2. The maximum absolute atomic E-state index is 13.0. The van der Waals surface area contributed by atoms with Crippen molar-refractivity contribution < 1.29 is 9.59 Å². The van der Waals surface area contributed by atoms with Gasteiger partial charge in [0.15, 0.2) is 5.82 Å². The Hall–Kier alpha value is -4.52. The zero-order chi connectivity index (χ0) is 24.6. The van der Waals surface area contributed by atoms with E-state index < -0.39 is 17.2 Å². The van der Waals surface area contributed by atoms with Crippen LogP contribution in [0.1, 0.15) is 31.2 Å². The Bertz CT molecular complexity index is 1560. The zero-order valence-electron chi connectivity index (χ0n) is 18.8. The van der Waals surface area contributed by atoms with Crippen LogP contribution in [0, 0.1) is 22.7 Å². The van der Waals surface area contributed by atoms with Crippen LogP contribution in [0.5, 0.6) is 0 Å². The number of hydrogen-bond acceptors (Lipinski definition) is 6. The monoisotopic (exact) mass is 469 g/mol. The minimum atomic E-state index is -1.87. The molecule has 5 rings (SSSR count). The lowest BCUT2D eigenvalue weighted by molar-refractivity contribution is -0.141. The van der Waals surface area contributed by atoms with E-state index in [-0.39, 0.29) is 18.0 Å². The summed E-state index contributed by atoms with van der Waals surface area (Å²) in [4.78, 5) is 49.6. The summed E-state index contributed by atoms with van der Waals surface area (Å²) in [5.41, 5.74) is 5.45. The summed E-state index contributed by atoms with van der Waals surface area (Å²) in [6, 6.07) is 12.3. The number of pyridine rings is 1. The standard InChI is InChI=1S/C25H23N7O3/c26-13-25(23(27)34,17-3-1-2-4-17)24(35)29-12-15-5-7-19-16(11-15)6-8-20(33)32(19)22-18-9-10-28-21(18)30-14-31-22/h5-11,14,17H,1-4,12H2,(H2,27,34)(H,29,35)(H,28,30,31). The molecule has 10 nitrogen and oxygen atoms in total. The number of H-pyrrole nitrogens is 1. The van der Waals surface area contributed by atoms with Crippen LogP contribution in [0.15, 0.2) is 53.7 Å². The first-order chi connectivity index (χ1) is 17.0. The van der Waals surface area contributed by atoms with Gasteiger partial charge in [-0.15, -0.1) is 0 Å². The summed E-state index contributed by atoms with van der Waals surface area (Å²) >= 11 is 0. The number of carbonyl (C=O) groups is 2. The fourth-order valence-electron chi connectivity index (χ4n) is 5.04. The first kappa shape index (κ1) is 22.3. The number of carbonyl (C=O) groups excluding carboxylic acids is 2. The Morgan fingerprint density at radius 2 is 2.00 bits per heavy atom. The van der Waals surface area contributed by atoms with Gasteiger partial charge in [0.2, 0.25) is 11.3 Å². The van der Waals surface area contributed by atoms with Crippen molar-refractivity contribution in [3.8, 4) is 11.9 Å². The van der Waals surface area contributed by atoms with E-state index in [9.17, 15) is 19.6 Å². The van der Waals surface area contributed by atoms with Crippen molar-refractivity contribution in [2.24, 2.45) is 17.1 Å². The summed E-state index contributed by atoms with van der Waals surface area (Å²) in [6.45, 7) is 0.104. The second-order valence-electron chi connectivity index (χ2n) is 8.79. The van der Waals surface area contributed by atoms with E-state index in [1.54, 1.807) is 24.4 Å². The van der Waals surface area contributed by atoms with E-state index in [0.29, 0.717) is 35.2 Å².